The van der Waals surface area contributed by atoms with Crippen LogP contribution >= 0.6 is 0 Å². The molecule has 0 radical (unpaired) electrons. The maximum Gasteiger partial charge on any atom is 0.0694 e. The number of rotatable bonds is 4. The predicted octanol–water partition coefficient (Wildman–Crippen LogP) is 4.86. The molecule has 0 aromatic heterocycles. The van der Waals surface area contributed by atoms with Crippen LogP contribution in [0.4, 0.5) is 0 Å². The lowest BCUT2D eigenvalue weighted by Gasteiger charge is -2.28. The highest BCUT2D eigenvalue weighted by Crippen LogP contribution is 2.35. The van der Waals surface area contributed by atoms with E-state index < -0.39 is 0 Å². The molecule has 0 spiro atoms. The van der Waals surface area contributed by atoms with Crippen molar-refractivity contribution < 1.29 is 0 Å². The molecular weight excluding hydrogens is 206 g/mol. The first-order valence-electron chi connectivity index (χ1n) is 6.95. The molecule has 0 bridgehead atoms. The third kappa shape index (κ3) is 4.38. The second-order valence-corrected chi connectivity index (χ2v) is 5.19. The Morgan fingerprint density at radius 2 is 2.00 bits per heavy atom. The van der Waals surface area contributed by atoms with Gasteiger partial charge in [0.1, 0.15) is 0 Å². The molecule has 1 rings (SSSR count). The maximum atomic E-state index is 8.78. The summed E-state index contributed by atoms with van der Waals surface area (Å²) in [7, 11) is 0. The van der Waals surface area contributed by atoms with E-state index in [1.807, 2.05) is 13.0 Å². The van der Waals surface area contributed by atoms with Crippen molar-refractivity contribution in [1.82, 2.24) is 0 Å². The Hall–Kier alpha value is -1.03. The molecule has 17 heavy (non-hydrogen) atoms. The van der Waals surface area contributed by atoms with Gasteiger partial charge in [0.25, 0.3) is 0 Å². The Labute approximate surface area is 106 Å². The van der Waals surface area contributed by atoms with Crippen molar-refractivity contribution in [1.29, 1.82) is 5.26 Å². The van der Waals surface area contributed by atoms with Gasteiger partial charge in [-0.3, -0.25) is 0 Å². The smallest absolute Gasteiger partial charge is 0.0694 e. The minimum Gasteiger partial charge on any atom is -0.198 e. The summed E-state index contributed by atoms with van der Waals surface area (Å²) in [6.07, 6.45) is 13.1. The molecule has 94 valence electrons. The Morgan fingerprint density at radius 3 is 2.47 bits per heavy atom. The molecule has 0 amide bonds. The summed E-state index contributed by atoms with van der Waals surface area (Å²) >= 11 is 0. The molecule has 1 aliphatic carbocycles. The van der Waals surface area contributed by atoms with Gasteiger partial charge >= 0.3 is 0 Å². The number of hydrogen-bond donors (Lipinski definition) is 0. The summed E-state index contributed by atoms with van der Waals surface area (Å²) in [5.74, 6) is 1.70. The van der Waals surface area contributed by atoms with Gasteiger partial charge in [0, 0.05) is 0 Å². The number of hydrogen-bond acceptors (Lipinski definition) is 1. The van der Waals surface area contributed by atoms with Crippen molar-refractivity contribution in [3.05, 3.63) is 23.8 Å². The van der Waals surface area contributed by atoms with E-state index in [2.05, 4.69) is 32.1 Å². The largest absolute Gasteiger partial charge is 0.198 e. The summed E-state index contributed by atoms with van der Waals surface area (Å²) in [6, 6.07) is 2.25. The van der Waals surface area contributed by atoms with Crippen LogP contribution in [0.1, 0.15) is 52.9 Å². The van der Waals surface area contributed by atoms with E-state index in [9.17, 15) is 0 Å². The van der Waals surface area contributed by atoms with Gasteiger partial charge in [0.2, 0.25) is 0 Å². The van der Waals surface area contributed by atoms with Crippen LogP contribution in [-0.4, -0.2) is 0 Å². The standard InChI is InChI=1S/C16H25N/c1-4-14-7-10-16(11-8-14)15(5-2)9-6-13(3)12-17/h5-6,9,13-14,16H,4,7-8,10-11H2,1-3H3/b9-6-,15-5+/t13-,14?,16?/m1/s1. The van der Waals surface area contributed by atoms with Crippen molar-refractivity contribution in [2.45, 2.75) is 52.9 Å². The zero-order chi connectivity index (χ0) is 12.7. The van der Waals surface area contributed by atoms with Gasteiger partial charge in [0.15, 0.2) is 0 Å². The molecule has 1 atom stereocenters. The van der Waals surface area contributed by atoms with E-state index in [4.69, 9.17) is 5.26 Å². The monoisotopic (exact) mass is 231 g/mol. The number of nitrogens with zero attached hydrogens (tertiary/aromatic N) is 1. The highest BCUT2D eigenvalue weighted by atomic mass is 14.3. The molecule has 0 aliphatic heterocycles. The summed E-state index contributed by atoms with van der Waals surface area (Å²) in [5.41, 5.74) is 1.43. The van der Waals surface area contributed by atoms with Crippen LogP contribution in [0.15, 0.2) is 23.8 Å². The van der Waals surface area contributed by atoms with E-state index >= 15 is 0 Å². The van der Waals surface area contributed by atoms with Gasteiger partial charge in [-0.05, 0) is 56.9 Å². The fourth-order valence-electron chi connectivity index (χ4n) is 2.67. The molecule has 0 heterocycles. The van der Waals surface area contributed by atoms with Crippen LogP contribution in [-0.2, 0) is 0 Å². The topological polar surface area (TPSA) is 23.8 Å². The van der Waals surface area contributed by atoms with Crippen LogP contribution in [0.25, 0.3) is 0 Å². The van der Waals surface area contributed by atoms with Crippen molar-refractivity contribution in [2.24, 2.45) is 17.8 Å². The van der Waals surface area contributed by atoms with Gasteiger partial charge in [-0.15, -0.1) is 0 Å². The lowest BCUT2D eigenvalue weighted by Crippen LogP contribution is -2.15. The molecule has 1 fully saturated rings. The molecule has 1 saturated carbocycles. The molecule has 1 heteroatoms. The van der Waals surface area contributed by atoms with Gasteiger partial charge in [0.05, 0.1) is 12.0 Å². The zero-order valence-corrected chi connectivity index (χ0v) is 11.4. The minimum atomic E-state index is 0.0249. The zero-order valence-electron chi connectivity index (χ0n) is 11.4. The van der Waals surface area contributed by atoms with Crippen molar-refractivity contribution in [3.8, 4) is 6.07 Å². The molecule has 0 unspecified atom stereocenters. The lowest BCUT2D eigenvalue weighted by molar-refractivity contribution is 0.297. The third-order valence-corrected chi connectivity index (χ3v) is 4.01. The summed E-state index contributed by atoms with van der Waals surface area (Å²) in [6.45, 7) is 6.36. The van der Waals surface area contributed by atoms with Crippen LogP contribution in [0.2, 0.25) is 0 Å². The average Bonchev–Trinajstić information content (AvgIpc) is 2.39. The average molecular weight is 231 g/mol. The lowest BCUT2D eigenvalue weighted by atomic mass is 9.77. The first-order valence-corrected chi connectivity index (χ1v) is 6.95. The van der Waals surface area contributed by atoms with E-state index in [0.717, 1.165) is 11.8 Å². The van der Waals surface area contributed by atoms with Crippen molar-refractivity contribution in [2.75, 3.05) is 0 Å². The minimum absolute atomic E-state index is 0.0249. The first kappa shape index (κ1) is 14.0. The Bertz CT molecular complexity index is 311. The molecule has 0 N–H and O–H groups in total. The Balaban J connectivity index is 2.53. The number of allylic oxidation sites excluding steroid dienone is 4. The fraction of sp³-hybridized carbons (Fsp3) is 0.688. The van der Waals surface area contributed by atoms with Gasteiger partial charge in [-0.2, -0.15) is 5.26 Å². The van der Waals surface area contributed by atoms with E-state index in [-0.39, 0.29) is 5.92 Å². The SMILES string of the molecule is C/C=C(\C=C/[C@@H](C)C#N)C1CCC(CC)CC1. The quantitative estimate of drug-likeness (QED) is 0.633. The van der Waals surface area contributed by atoms with Crippen LogP contribution in [0.3, 0.4) is 0 Å². The first-order chi connectivity index (χ1) is 8.21. The fourth-order valence-corrected chi connectivity index (χ4v) is 2.67. The second kappa shape index (κ2) is 7.33. The molecular formula is C16H25N. The molecule has 1 nitrogen and oxygen atoms in total. The second-order valence-electron chi connectivity index (χ2n) is 5.19. The number of nitriles is 1. The van der Waals surface area contributed by atoms with Gasteiger partial charge in [-0.1, -0.05) is 31.6 Å². The van der Waals surface area contributed by atoms with Crippen molar-refractivity contribution >= 4 is 0 Å². The summed E-state index contributed by atoms with van der Waals surface area (Å²) in [5, 5.41) is 8.78. The highest BCUT2D eigenvalue weighted by Gasteiger charge is 2.21. The van der Waals surface area contributed by atoms with Crippen LogP contribution in [0, 0.1) is 29.1 Å². The molecule has 0 saturated heterocycles. The normalized spacial score (nSPS) is 28.0. The van der Waals surface area contributed by atoms with Crippen LogP contribution < -0.4 is 0 Å². The maximum absolute atomic E-state index is 8.78. The van der Waals surface area contributed by atoms with Gasteiger partial charge < -0.3 is 0 Å². The molecule has 1 aliphatic rings. The summed E-state index contributed by atoms with van der Waals surface area (Å²) in [4.78, 5) is 0. The van der Waals surface area contributed by atoms with Crippen molar-refractivity contribution in [3.63, 3.8) is 0 Å². The predicted molar refractivity (Wildman–Crippen MR) is 73.4 cm³/mol. The Morgan fingerprint density at radius 1 is 1.35 bits per heavy atom. The van der Waals surface area contributed by atoms with E-state index in [0.29, 0.717) is 0 Å². The summed E-state index contributed by atoms with van der Waals surface area (Å²) < 4.78 is 0. The van der Waals surface area contributed by atoms with Gasteiger partial charge in [-0.25, -0.2) is 0 Å². The van der Waals surface area contributed by atoms with E-state index in [1.54, 1.807) is 0 Å². The molecule has 0 aromatic rings. The third-order valence-electron chi connectivity index (χ3n) is 4.01. The Kier molecular flexibility index (Phi) is 6.05. The van der Waals surface area contributed by atoms with E-state index in [1.165, 1.54) is 37.7 Å². The molecule has 0 aromatic carbocycles. The highest BCUT2D eigenvalue weighted by molar-refractivity contribution is 5.23. The van der Waals surface area contributed by atoms with Crippen LogP contribution in [0.5, 0.6) is 0 Å².